The van der Waals surface area contributed by atoms with E-state index >= 15 is 0 Å². The molecule has 4 rings (SSSR count). The number of hydrogen-bond donors (Lipinski definition) is 0. The molecule has 1 fully saturated rings. The van der Waals surface area contributed by atoms with Crippen molar-refractivity contribution < 1.29 is 9.72 Å². The molecule has 0 bridgehead atoms. The van der Waals surface area contributed by atoms with Crippen molar-refractivity contribution in [1.29, 1.82) is 0 Å². The maximum absolute atomic E-state index is 12.8. The Morgan fingerprint density at radius 3 is 2.39 bits per heavy atom. The number of piperazine rings is 1. The molecule has 3 heterocycles. The summed E-state index contributed by atoms with van der Waals surface area (Å²) in [4.78, 5) is 40.6. The monoisotopic (exact) mass is 421 g/mol. The first kappa shape index (κ1) is 20.5. The van der Waals surface area contributed by atoms with Crippen LogP contribution < -0.4 is 4.90 Å². The second-order valence-electron chi connectivity index (χ2n) is 7.50. The van der Waals surface area contributed by atoms with Crippen molar-refractivity contribution in [2.24, 2.45) is 0 Å². The maximum atomic E-state index is 12.8. The highest BCUT2D eigenvalue weighted by atomic mass is 16.6. The number of carbonyl (C=O) groups excluding carboxylic acids is 1. The average Bonchev–Trinajstić information content (AvgIpc) is 3.11. The fourth-order valence-corrected chi connectivity index (χ4v) is 3.63. The summed E-state index contributed by atoms with van der Waals surface area (Å²) in [6.07, 6.45) is 1.76. The number of rotatable bonds is 4. The number of aryl methyl sites for hydroxylation is 2. The Hall–Kier alpha value is -3.82. The number of hydrogen-bond acceptors (Lipinski definition) is 7. The van der Waals surface area contributed by atoms with E-state index in [1.807, 2.05) is 31.4 Å². The highest BCUT2D eigenvalue weighted by Gasteiger charge is 2.24. The molecule has 1 saturated heterocycles. The van der Waals surface area contributed by atoms with Crippen molar-refractivity contribution in [3.63, 3.8) is 0 Å². The van der Waals surface area contributed by atoms with E-state index < -0.39 is 4.92 Å². The van der Waals surface area contributed by atoms with E-state index in [0.29, 0.717) is 37.6 Å². The van der Waals surface area contributed by atoms with Crippen LogP contribution in [0.1, 0.15) is 27.6 Å². The molecule has 1 amide bonds. The minimum absolute atomic E-state index is 0.0847. The molecule has 160 valence electrons. The SMILES string of the molecule is Cc1nc(N2CCN(C(=O)c3cccc([N+](=O)[O-])c3)CC2)cc(-n2cnc(C)c2C)n1. The van der Waals surface area contributed by atoms with Crippen LogP contribution in [0.25, 0.3) is 5.82 Å². The topological polar surface area (TPSA) is 110 Å². The number of nitro benzene ring substituents is 1. The number of amides is 1. The molecule has 31 heavy (non-hydrogen) atoms. The normalized spacial score (nSPS) is 14.0. The molecule has 0 aliphatic carbocycles. The van der Waals surface area contributed by atoms with Gasteiger partial charge in [0.15, 0.2) is 0 Å². The molecule has 0 saturated carbocycles. The Bertz CT molecular complexity index is 1150. The zero-order valence-corrected chi connectivity index (χ0v) is 17.6. The molecule has 1 aromatic carbocycles. The summed E-state index contributed by atoms with van der Waals surface area (Å²) < 4.78 is 1.94. The Balaban J connectivity index is 1.49. The van der Waals surface area contributed by atoms with Gasteiger partial charge in [0, 0.05) is 55.6 Å². The van der Waals surface area contributed by atoms with Crippen molar-refractivity contribution in [3.05, 3.63) is 69.5 Å². The van der Waals surface area contributed by atoms with Crippen LogP contribution in [-0.2, 0) is 0 Å². The van der Waals surface area contributed by atoms with Crippen LogP contribution in [0.4, 0.5) is 11.5 Å². The summed E-state index contributed by atoms with van der Waals surface area (Å²) in [6, 6.07) is 7.78. The van der Waals surface area contributed by atoms with Crippen LogP contribution in [0.15, 0.2) is 36.7 Å². The van der Waals surface area contributed by atoms with Crippen LogP contribution in [-0.4, -0.2) is 61.4 Å². The van der Waals surface area contributed by atoms with Crippen molar-refractivity contribution >= 4 is 17.4 Å². The third-order valence-electron chi connectivity index (χ3n) is 5.50. The average molecular weight is 421 g/mol. The van der Waals surface area contributed by atoms with Crippen LogP contribution >= 0.6 is 0 Å². The van der Waals surface area contributed by atoms with E-state index in [1.165, 1.54) is 18.2 Å². The fourth-order valence-electron chi connectivity index (χ4n) is 3.63. The summed E-state index contributed by atoms with van der Waals surface area (Å²) in [5.74, 6) is 2.02. The lowest BCUT2D eigenvalue weighted by molar-refractivity contribution is -0.384. The lowest BCUT2D eigenvalue weighted by Crippen LogP contribution is -2.49. The second kappa shape index (κ2) is 8.13. The minimum Gasteiger partial charge on any atom is -0.353 e. The molecular formula is C21H23N7O3. The number of nitro groups is 1. The molecule has 10 heteroatoms. The van der Waals surface area contributed by atoms with E-state index in [4.69, 9.17) is 0 Å². The first-order valence-electron chi connectivity index (χ1n) is 9.99. The molecule has 0 N–H and O–H groups in total. The van der Waals surface area contributed by atoms with Crippen molar-refractivity contribution in [2.75, 3.05) is 31.1 Å². The van der Waals surface area contributed by atoms with Gasteiger partial charge in [-0.2, -0.15) is 0 Å². The molecule has 2 aromatic heterocycles. The number of nitrogens with zero attached hydrogens (tertiary/aromatic N) is 7. The van der Waals surface area contributed by atoms with Crippen LogP contribution in [0.5, 0.6) is 0 Å². The standard InChI is InChI=1S/C21H23N7O3/c1-14-15(2)27(13-22-14)20-12-19(23-16(3)24-20)25-7-9-26(10-8-25)21(29)17-5-4-6-18(11-17)28(30)31/h4-6,11-13H,7-10H2,1-3H3. The molecule has 0 spiro atoms. The van der Waals surface area contributed by atoms with Crippen molar-refractivity contribution in [3.8, 4) is 5.82 Å². The van der Waals surface area contributed by atoms with Crippen LogP contribution in [0.2, 0.25) is 0 Å². The van der Waals surface area contributed by atoms with Gasteiger partial charge < -0.3 is 9.80 Å². The molecule has 1 aliphatic rings. The number of aromatic nitrogens is 4. The van der Waals surface area contributed by atoms with Crippen molar-refractivity contribution in [1.82, 2.24) is 24.4 Å². The first-order chi connectivity index (χ1) is 14.8. The zero-order chi connectivity index (χ0) is 22.1. The van der Waals surface area contributed by atoms with E-state index in [1.54, 1.807) is 17.3 Å². The molecule has 3 aromatic rings. The number of anilines is 1. The lowest BCUT2D eigenvalue weighted by Gasteiger charge is -2.35. The van der Waals surface area contributed by atoms with Gasteiger partial charge in [-0.15, -0.1) is 0 Å². The third-order valence-corrected chi connectivity index (χ3v) is 5.50. The molecular weight excluding hydrogens is 398 g/mol. The molecule has 10 nitrogen and oxygen atoms in total. The van der Waals surface area contributed by atoms with E-state index in [2.05, 4.69) is 19.9 Å². The van der Waals surface area contributed by atoms with E-state index in [9.17, 15) is 14.9 Å². The van der Waals surface area contributed by atoms with Gasteiger partial charge in [0.1, 0.15) is 23.8 Å². The van der Waals surface area contributed by atoms with Gasteiger partial charge in [-0.05, 0) is 26.8 Å². The van der Waals surface area contributed by atoms with Gasteiger partial charge in [-0.1, -0.05) is 6.07 Å². The second-order valence-corrected chi connectivity index (χ2v) is 7.50. The van der Waals surface area contributed by atoms with Gasteiger partial charge in [-0.3, -0.25) is 19.5 Å². The summed E-state index contributed by atoms with van der Waals surface area (Å²) in [5.41, 5.74) is 2.22. The number of imidazole rings is 1. The van der Waals surface area contributed by atoms with Crippen LogP contribution in [0, 0.1) is 30.9 Å². The summed E-state index contributed by atoms with van der Waals surface area (Å²) in [6.45, 7) is 8.04. The molecule has 0 atom stereocenters. The molecule has 0 radical (unpaired) electrons. The predicted octanol–water partition coefficient (Wildman–Crippen LogP) is 2.46. The van der Waals surface area contributed by atoms with E-state index in [0.717, 1.165) is 23.0 Å². The predicted molar refractivity (Wildman–Crippen MR) is 115 cm³/mol. The Labute approximate surface area is 179 Å². The van der Waals surface area contributed by atoms with Crippen molar-refractivity contribution in [2.45, 2.75) is 20.8 Å². The summed E-state index contributed by atoms with van der Waals surface area (Å²) >= 11 is 0. The Kier molecular flexibility index (Phi) is 5.37. The quantitative estimate of drug-likeness (QED) is 0.470. The van der Waals surface area contributed by atoms with E-state index in [-0.39, 0.29) is 11.6 Å². The first-order valence-corrected chi connectivity index (χ1v) is 9.99. The highest BCUT2D eigenvalue weighted by molar-refractivity contribution is 5.95. The summed E-state index contributed by atoms with van der Waals surface area (Å²) in [7, 11) is 0. The number of non-ortho nitro benzene ring substituents is 1. The third kappa shape index (κ3) is 4.09. The maximum Gasteiger partial charge on any atom is 0.270 e. The smallest absolute Gasteiger partial charge is 0.270 e. The highest BCUT2D eigenvalue weighted by Crippen LogP contribution is 2.21. The van der Waals surface area contributed by atoms with Gasteiger partial charge >= 0.3 is 0 Å². The van der Waals surface area contributed by atoms with Gasteiger partial charge in [0.2, 0.25) is 0 Å². The largest absolute Gasteiger partial charge is 0.353 e. The zero-order valence-electron chi connectivity index (χ0n) is 17.6. The Morgan fingerprint density at radius 2 is 1.74 bits per heavy atom. The fraction of sp³-hybridized carbons (Fsp3) is 0.333. The number of benzene rings is 1. The lowest BCUT2D eigenvalue weighted by atomic mass is 10.1. The summed E-state index contributed by atoms with van der Waals surface area (Å²) in [5, 5.41) is 11.0. The Morgan fingerprint density at radius 1 is 1.03 bits per heavy atom. The van der Waals surface area contributed by atoms with Gasteiger partial charge in [0.25, 0.3) is 11.6 Å². The van der Waals surface area contributed by atoms with Crippen LogP contribution in [0.3, 0.4) is 0 Å². The molecule has 1 aliphatic heterocycles. The van der Waals surface area contributed by atoms with Gasteiger partial charge in [0.05, 0.1) is 10.6 Å². The minimum atomic E-state index is -0.493. The van der Waals surface area contributed by atoms with Gasteiger partial charge in [-0.25, -0.2) is 15.0 Å². The molecule has 0 unspecified atom stereocenters. The number of carbonyl (C=O) groups is 1.